The number of hydrogen-bond acceptors (Lipinski definition) is 1. The van der Waals surface area contributed by atoms with E-state index in [2.05, 4.69) is 39.8 Å². The minimum atomic E-state index is 0.153. The SMILES string of the molecule is CC(C)C1CC(C=O)C=CC1(C)C. The van der Waals surface area contributed by atoms with E-state index in [0.717, 1.165) is 12.7 Å². The van der Waals surface area contributed by atoms with Gasteiger partial charge in [-0.05, 0) is 23.7 Å². The Hall–Kier alpha value is -0.590. The Morgan fingerprint density at radius 1 is 1.46 bits per heavy atom. The molecule has 2 unspecified atom stereocenters. The van der Waals surface area contributed by atoms with Crippen molar-refractivity contribution in [3.05, 3.63) is 12.2 Å². The van der Waals surface area contributed by atoms with Crippen molar-refractivity contribution < 1.29 is 4.79 Å². The van der Waals surface area contributed by atoms with Crippen LogP contribution in [0.4, 0.5) is 0 Å². The molecule has 0 spiro atoms. The van der Waals surface area contributed by atoms with Gasteiger partial charge in [0.15, 0.2) is 0 Å². The molecule has 0 heterocycles. The summed E-state index contributed by atoms with van der Waals surface area (Å²) in [5.74, 6) is 1.44. The van der Waals surface area contributed by atoms with E-state index in [9.17, 15) is 4.79 Å². The van der Waals surface area contributed by atoms with Gasteiger partial charge in [0.05, 0.1) is 0 Å². The minimum absolute atomic E-state index is 0.153. The Balaban J connectivity index is 2.83. The van der Waals surface area contributed by atoms with Crippen molar-refractivity contribution in [2.24, 2.45) is 23.2 Å². The van der Waals surface area contributed by atoms with Crippen LogP contribution in [-0.4, -0.2) is 6.29 Å². The van der Waals surface area contributed by atoms with Gasteiger partial charge in [-0.1, -0.05) is 39.8 Å². The van der Waals surface area contributed by atoms with E-state index < -0.39 is 0 Å². The quantitative estimate of drug-likeness (QED) is 0.471. The molecule has 0 saturated heterocycles. The highest BCUT2D eigenvalue weighted by Gasteiger charge is 2.34. The molecule has 0 aromatic rings. The summed E-state index contributed by atoms with van der Waals surface area (Å²) in [5.41, 5.74) is 0.258. The van der Waals surface area contributed by atoms with Crippen LogP contribution in [0.25, 0.3) is 0 Å². The molecule has 0 saturated carbocycles. The van der Waals surface area contributed by atoms with E-state index in [0.29, 0.717) is 11.8 Å². The van der Waals surface area contributed by atoms with Crippen molar-refractivity contribution in [1.29, 1.82) is 0 Å². The molecule has 0 aromatic carbocycles. The Morgan fingerprint density at radius 2 is 2.08 bits per heavy atom. The van der Waals surface area contributed by atoms with Gasteiger partial charge in [0.25, 0.3) is 0 Å². The molecule has 1 aliphatic rings. The molecule has 0 amide bonds. The van der Waals surface area contributed by atoms with Gasteiger partial charge >= 0.3 is 0 Å². The van der Waals surface area contributed by atoms with Gasteiger partial charge in [-0.3, -0.25) is 0 Å². The maximum absolute atomic E-state index is 10.7. The topological polar surface area (TPSA) is 17.1 Å². The van der Waals surface area contributed by atoms with Crippen LogP contribution < -0.4 is 0 Å². The number of hydrogen-bond donors (Lipinski definition) is 0. The Morgan fingerprint density at radius 3 is 2.54 bits per heavy atom. The molecule has 13 heavy (non-hydrogen) atoms. The Kier molecular flexibility index (Phi) is 2.94. The van der Waals surface area contributed by atoms with Gasteiger partial charge in [0, 0.05) is 5.92 Å². The van der Waals surface area contributed by atoms with Gasteiger partial charge < -0.3 is 4.79 Å². The second-order valence-corrected chi connectivity index (χ2v) is 5.07. The van der Waals surface area contributed by atoms with Gasteiger partial charge in [0.1, 0.15) is 6.29 Å². The monoisotopic (exact) mass is 180 g/mol. The first-order valence-electron chi connectivity index (χ1n) is 5.12. The molecule has 0 radical (unpaired) electrons. The van der Waals surface area contributed by atoms with Crippen LogP contribution in [0.3, 0.4) is 0 Å². The maximum atomic E-state index is 10.7. The molecule has 2 atom stereocenters. The largest absolute Gasteiger partial charge is 0.303 e. The van der Waals surface area contributed by atoms with Crippen molar-refractivity contribution in [2.45, 2.75) is 34.1 Å². The maximum Gasteiger partial charge on any atom is 0.126 e. The molecule has 1 nitrogen and oxygen atoms in total. The molecule has 1 heteroatoms. The number of rotatable bonds is 2. The van der Waals surface area contributed by atoms with Crippen molar-refractivity contribution in [2.75, 3.05) is 0 Å². The summed E-state index contributed by atoms with van der Waals surface area (Å²) in [6.45, 7) is 9.01. The highest BCUT2D eigenvalue weighted by atomic mass is 16.1. The highest BCUT2D eigenvalue weighted by molar-refractivity contribution is 5.57. The van der Waals surface area contributed by atoms with E-state index in [-0.39, 0.29) is 11.3 Å². The smallest absolute Gasteiger partial charge is 0.126 e. The first kappa shape index (κ1) is 10.5. The van der Waals surface area contributed by atoms with E-state index in [4.69, 9.17) is 0 Å². The predicted octanol–water partition coefficient (Wildman–Crippen LogP) is 3.06. The average molecular weight is 180 g/mol. The number of carbonyl (C=O) groups excluding carboxylic acids is 1. The molecule has 74 valence electrons. The summed E-state index contributed by atoms with van der Waals surface area (Å²) in [6, 6.07) is 0. The number of carbonyl (C=O) groups is 1. The third-order valence-corrected chi connectivity index (χ3v) is 3.23. The van der Waals surface area contributed by atoms with Gasteiger partial charge in [-0.25, -0.2) is 0 Å². The van der Waals surface area contributed by atoms with E-state index >= 15 is 0 Å². The third kappa shape index (κ3) is 2.20. The number of aldehydes is 1. The van der Waals surface area contributed by atoms with Crippen molar-refractivity contribution in [1.82, 2.24) is 0 Å². The second kappa shape index (κ2) is 3.65. The van der Waals surface area contributed by atoms with Gasteiger partial charge in [-0.15, -0.1) is 0 Å². The lowest BCUT2D eigenvalue weighted by Gasteiger charge is -2.39. The van der Waals surface area contributed by atoms with Crippen molar-refractivity contribution >= 4 is 6.29 Å². The van der Waals surface area contributed by atoms with Crippen LogP contribution >= 0.6 is 0 Å². The molecular formula is C12H20O. The van der Waals surface area contributed by atoms with Crippen LogP contribution in [0.15, 0.2) is 12.2 Å². The predicted molar refractivity (Wildman–Crippen MR) is 55.4 cm³/mol. The summed E-state index contributed by atoms with van der Waals surface area (Å²) in [4.78, 5) is 10.7. The molecule has 0 aliphatic heterocycles. The number of allylic oxidation sites excluding steroid dienone is 2. The normalized spacial score (nSPS) is 32.1. The van der Waals surface area contributed by atoms with E-state index in [1.807, 2.05) is 0 Å². The first-order valence-corrected chi connectivity index (χ1v) is 5.12. The van der Waals surface area contributed by atoms with Gasteiger partial charge in [0.2, 0.25) is 0 Å². The lowest BCUT2D eigenvalue weighted by molar-refractivity contribution is -0.110. The molecule has 0 aromatic heterocycles. The van der Waals surface area contributed by atoms with Crippen LogP contribution in [0, 0.1) is 23.2 Å². The van der Waals surface area contributed by atoms with Crippen LogP contribution in [0.5, 0.6) is 0 Å². The lowest BCUT2D eigenvalue weighted by Crippen LogP contribution is -2.32. The van der Waals surface area contributed by atoms with E-state index in [1.165, 1.54) is 0 Å². The fourth-order valence-corrected chi connectivity index (χ4v) is 2.40. The molecule has 0 fully saturated rings. The minimum Gasteiger partial charge on any atom is -0.303 e. The molecule has 0 bridgehead atoms. The first-order chi connectivity index (χ1) is 5.97. The highest BCUT2D eigenvalue weighted by Crippen LogP contribution is 2.41. The van der Waals surface area contributed by atoms with Crippen LogP contribution in [0.2, 0.25) is 0 Å². The fourth-order valence-electron chi connectivity index (χ4n) is 2.40. The summed E-state index contributed by atoms with van der Waals surface area (Å²) in [5, 5.41) is 0. The van der Waals surface area contributed by atoms with Crippen molar-refractivity contribution in [3.63, 3.8) is 0 Å². The summed E-state index contributed by atoms with van der Waals surface area (Å²) < 4.78 is 0. The molecule has 0 N–H and O–H groups in total. The lowest BCUT2D eigenvalue weighted by atomic mass is 9.66. The fraction of sp³-hybridized carbons (Fsp3) is 0.750. The van der Waals surface area contributed by atoms with Crippen molar-refractivity contribution in [3.8, 4) is 0 Å². The standard InChI is InChI=1S/C12H20O/c1-9(2)11-7-10(8-13)5-6-12(11,3)4/h5-6,8-11H,7H2,1-4H3. The molecule has 1 rings (SSSR count). The van der Waals surface area contributed by atoms with Crippen LogP contribution in [-0.2, 0) is 4.79 Å². The Labute approximate surface area is 81.2 Å². The zero-order chi connectivity index (χ0) is 10.1. The third-order valence-electron chi connectivity index (χ3n) is 3.23. The van der Waals surface area contributed by atoms with Crippen LogP contribution in [0.1, 0.15) is 34.1 Å². The van der Waals surface area contributed by atoms with Gasteiger partial charge in [-0.2, -0.15) is 0 Å². The average Bonchev–Trinajstić information content (AvgIpc) is 2.03. The molecule has 1 aliphatic carbocycles. The summed E-state index contributed by atoms with van der Waals surface area (Å²) >= 11 is 0. The zero-order valence-electron chi connectivity index (χ0n) is 9.08. The zero-order valence-corrected chi connectivity index (χ0v) is 9.08. The Bertz CT molecular complexity index is 213. The summed E-state index contributed by atoms with van der Waals surface area (Å²) in [7, 11) is 0. The summed E-state index contributed by atoms with van der Waals surface area (Å²) in [6.07, 6.45) is 6.36. The van der Waals surface area contributed by atoms with E-state index in [1.54, 1.807) is 0 Å². The molecular weight excluding hydrogens is 160 g/mol. The second-order valence-electron chi connectivity index (χ2n) is 5.07.